The zero-order valence-corrected chi connectivity index (χ0v) is 27.9. The van der Waals surface area contributed by atoms with E-state index in [-0.39, 0.29) is 42.7 Å². The first-order valence-electron chi connectivity index (χ1n) is 17.1. The molecule has 8 nitrogen and oxygen atoms in total. The predicted molar refractivity (Wildman–Crippen MR) is 167 cm³/mol. The molecule has 248 valence electrons. The molecule has 8 heteroatoms. The van der Waals surface area contributed by atoms with Crippen molar-refractivity contribution in [3.63, 3.8) is 0 Å². The molecular formula is C34H65NO7. The van der Waals surface area contributed by atoms with Crippen molar-refractivity contribution in [2.45, 2.75) is 161 Å². The third-order valence-corrected chi connectivity index (χ3v) is 7.74. The maximum atomic E-state index is 12.5. The summed E-state index contributed by atoms with van der Waals surface area (Å²) >= 11 is 0. The summed E-state index contributed by atoms with van der Waals surface area (Å²) < 4.78 is 17.0. The molecule has 42 heavy (non-hydrogen) atoms. The van der Waals surface area contributed by atoms with Gasteiger partial charge in [-0.2, -0.15) is 0 Å². The maximum absolute atomic E-state index is 12.5. The minimum atomic E-state index is -1.12. The first-order valence-corrected chi connectivity index (χ1v) is 17.1. The van der Waals surface area contributed by atoms with Gasteiger partial charge in [-0.15, -0.1) is 0 Å². The van der Waals surface area contributed by atoms with Gasteiger partial charge in [0, 0.05) is 19.3 Å². The summed E-state index contributed by atoms with van der Waals surface area (Å²) in [4.78, 5) is 36.3. The van der Waals surface area contributed by atoms with Crippen molar-refractivity contribution < 1.29 is 38.2 Å². The third-order valence-electron chi connectivity index (χ3n) is 7.74. The Bertz CT molecular complexity index is 677. The maximum Gasteiger partial charge on any atom is 0.306 e. The van der Waals surface area contributed by atoms with Crippen LogP contribution in [0.1, 0.15) is 149 Å². The van der Waals surface area contributed by atoms with Gasteiger partial charge in [0.25, 0.3) is 0 Å². The predicted octanol–water partition coefficient (Wildman–Crippen LogP) is 6.51. The third kappa shape index (κ3) is 24.9. The van der Waals surface area contributed by atoms with Gasteiger partial charge in [-0.05, 0) is 12.8 Å². The first-order chi connectivity index (χ1) is 20.1. The van der Waals surface area contributed by atoms with Crippen LogP contribution in [0.15, 0.2) is 0 Å². The molecule has 0 aliphatic carbocycles. The molecule has 0 aromatic rings. The van der Waals surface area contributed by atoms with Crippen LogP contribution in [0.5, 0.6) is 0 Å². The molecule has 2 atom stereocenters. The number of rotatable bonds is 30. The van der Waals surface area contributed by atoms with Gasteiger partial charge in [0.15, 0.2) is 6.10 Å². The van der Waals surface area contributed by atoms with Crippen LogP contribution in [0.25, 0.3) is 0 Å². The van der Waals surface area contributed by atoms with Crippen molar-refractivity contribution >= 4 is 17.9 Å². The summed E-state index contributed by atoms with van der Waals surface area (Å²) in [5.41, 5.74) is 0. The number of nitrogens with zero attached hydrogens (tertiary/aromatic N) is 1. The van der Waals surface area contributed by atoms with Crippen molar-refractivity contribution in [1.82, 2.24) is 0 Å². The van der Waals surface area contributed by atoms with E-state index in [1.165, 1.54) is 77.0 Å². The second-order valence-electron chi connectivity index (χ2n) is 12.8. The van der Waals surface area contributed by atoms with Crippen LogP contribution in [0.3, 0.4) is 0 Å². The Labute approximate surface area is 257 Å². The SMILES string of the molecule is CCCCCCCCCCCCC(=O)OC(COCCC(C(=O)[O-])[N+](C)(C)C)COC(=O)CCCCCCCCCC. The number of carbonyl (C=O) groups excluding carboxylic acids is 3. The van der Waals surface area contributed by atoms with Crippen LogP contribution in [-0.4, -0.2) is 75.5 Å². The Morgan fingerprint density at radius 3 is 1.48 bits per heavy atom. The number of quaternary nitrogens is 1. The highest BCUT2D eigenvalue weighted by molar-refractivity contribution is 5.70. The Kier molecular flexibility index (Phi) is 25.8. The Morgan fingerprint density at radius 1 is 0.619 bits per heavy atom. The van der Waals surface area contributed by atoms with Crippen LogP contribution in [0.4, 0.5) is 0 Å². The van der Waals surface area contributed by atoms with E-state index in [0.717, 1.165) is 38.5 Å². The number of esters is 2. The standard InChI is InChI=1S/C34H65NO7/c1-6-8-10-12-14-16-17-19-21-23-25-33(37)42-30(28-40-27-26-31(34(38)39)35(3,4)5)29-41-32(36)24-22-20-18-15-13-11-9-7-2/h30-31H,6-29H2,1-5H3. The molecule has 0 rings (SSSR count). The van der Waals surface area contributed by atoms with Gasteiger partial charge in [0.05, 0.1) is 40.3 Å². The van der Waals surface area contributed by atoms with Crippen LogP contribution in [0, 0.1) is 0 Å². The van der Waals surface area contributed by atoms with E-state index in [9.17, 15) is 19.5 Å². The molecule has 0 radical (unpaired) electrons. The summed E-state index contributed by atoms with van der Waals surface area (Å²) in [7, 11) is 5.39. The molecule has 0 aromatic heterocycles. The summed E-state index contributed by atoms with van der Waals surface area (Å²) in [5, 5.41) is 11.5. The smallest absolute Gasteiger partial charge is 0.306 e. The van der Waals surface area contributed by atoms with Crippen molar-refractivity contribution in [3.8, 4) is 0 Å². The number of hydrogen-bond acceptors (Lipinski definition) is 7. The van der Waals surface area contributed by atoms with E-state index < -0.39 is 18.1 Å². The van der Waals surface area contributed by atoms with Crippen LogP contribution >= 0.6 is 0 Å². The highest BCUT2D eigenvalue weighted by atomic mass is 16.6. The lowest BCUT2D eigenvalue weighted by molar-refractivity contribution is -0.889. The van der Waals surface area contributed by atoms with Crippen molar-refractivity contribution in [2.75, 3.05) is 41.0 Å². The molecule has 0 amide bonds. The second kappa shape index (κ2) is 26.9. The minimum Gasteiger partial charge on any atom is -0.544 e. The molecule has 0 saturated carbocycles. The van der Waals surface area contributed by atoms with Gasteiger partial charge >= 0.3 is 11.9 Å². The summed E-state index contributed by atoms with van der Waals surface area (Å²) in [6.07, 6.45) is 21.3. The number of carbonyl (C=O) groups is 3. The van der Waals surface area contributed by atoms with Gasteiger partial charge in [-0.1, -0.05) is 117 Å². The van der Waals surface area contributed by atoms with Gasteiger partial charge in [-0.25, -0.2) is 0 Å². The molecule has 0 bridgehead atoms. The highest BCUT2D eigenvalue weighted by Gasteiger charge is 2.25. The number of unbranched alkanes of at least 4 members (excludes halogenated alkanes) is 16. The molecule has 0 aromatic carbocycles. The molecule has 0 aliphatic rings. The molecule has 0 fully saturated rings. The lowest BCUT2D eigenvalue weighted by atomic mass is 10.1. The van der Waals surface area contributed by atoms with Crippen LogP contribution < -0.4 is 5.11 Å². The van der Waals surface area contributed by atoms with Crippen LogP contribution in [-0.2, 0) is 28.6 Å². The van der Waals surface area contributed by atoms with Crippen molar-refractivity contribution in [3.05, 3.63) is 0 Å². The minimum absolute atomic E-state index is 0.0473. The first kappa shape index (κ1) is 40.3. The fourth-order valence-electron chi connectivity index (χ4n) is 5.01. The molecule has 0 heterocycles. The van der Waals surface area contributed by atoms with Gasteiger partial charge in [0.1, 0.15) is 12.6 Å². The molecular weight excluding hydrogens is 534 g/mol. The van der Waals surface area contributed by atoms with Crippen LogP contribution in [0.2, 0.25) is 0 Å². The monoisotopic (exact) mass is 599 g/mol. The Hall–Kier alpha value is -1.67. The fourth-order valence-corrected chi connectivity index (χ4v) is 5.01. The summed E-state index contributed by atoms with van der Waals surface area (Å²) in [6, 6.07) is -0.716. The van der Waals surface area contributed by atoms with Crippen molar-refractivity contribution in [2.24, 2.45) is 0 Å². The fraction of sp³-hybridized carbons (Fsp3) is 0.912. The van der Waals surface area contributed by atoms with Crippen molar-refractivity contribution in [1.29, 1.82) is 0 Å². The zero-order chi connectivity index (χ0) is 31.5. The lowest BCUT2D eigenvalue weighted by Crippen LogP contribution is -2.55. The molecule has 0 spiro atoms. The number of ether oxygens (including phenoxy) is 3. The normalized spacial score (nSPS) is 13.1. The number of likely N-dealkylation sites (N-methyl/N-ethyl adjacent to an activating group) is 1. The Balaban J connectivity index is 4.47. The molecule has 2 unspecified atom stereocenters. The lowest BCUT2D eigenvalue weighted by Gasteiger charge is -2.34. The van der Waals surface area contributed by atoms with E-state index in [1.807, 2.05) is 0 Å². The van der Waals surface area contributed by atoms with E-state index in [2.05, 4.69) is 13.8 Å². The van der Waals surface area contributed by atoms with Gasteiger partial charge < -0.3 is 28.6 Å². The second-order valence-corrected chi connectivity index (χ2v) is 12.8. The summed E-state index contributed by atoms with van der Waals surface area (Å²) in [5.74, 6) is -1.74. The quantitative estimate of drug-likeness (QED) is 0.0527. The van der Waals surface area contributed by atoms with E-state index in [4.69, 9.17) is 14.2 Å². The summed E-state index contributed by atoms with van der Waals surface area (Å²) in [6.45, 7) is 4.60. The van der Waals surface area contributed by atoms with E-state index in [1.54, 1.807) is 21.1 Å². The number of hydrogen-bond donors (Lipinski definition) is 0. The number of carboxylic acid groups (broad SMARTS) is 1. The van der Waals surface area contributed by atoms with E-state index >= 15 is 0 Å². The average molecular weight is 600 g/mol. The molecule has 0 aliphatic heterocycles. The molecule has 0 saturated heterocycles. The largest absolute Gasteiger partial charge is 0.544 e. The number of aliphatic carboxylic acids is 1. The average Bonchev–Trinajstić information content (AvgIpc) is 2.92. The molecule has 0 N–H and O–H groups in total. The van der Waals surface area contributed by atoms with Gasteiger partial charge in [-0.3, -0.25) is 9.59 Å². The topological polar surface area (TPSA) is 102 Å². The van der Waals surface area contributed by atoms with Gasteiger partial charge in [0.2, 0.25) is 0 Å². The number of carboxylic acids is 1. The zero-order valence-electron chi connectivity index (χ0n) is 27.9. The highest BCUT2D eigenvalue weighted by Crippen LogP contribution is 2.13. The Morgan fingerprint density at radius 2 is 1.05 bits per heavy atom. The van der Waals surface area contributed by atoms with E-state index in [0.29, 0.717) is 12.8 Å².